The predicted octanol–water partition coefficient (Wildman–Crippen LogP) is 3.65. The third kappa shape index (κ3) is 5.71. The Kier molecular flexibility index (Phi) is 8.32. The smallest absolute Gasteiger partial charge is 0.194 e. The summed E-state index contributed by atoms with van der Waals surface area (Å²) in [4.78, 5) is 7.32. The highest BCUT2D eigenvalue weighted by molar-refractivity contribution is 14.0. The normalized spacial score (nSPS) is 17.6. The number of halogens is 1. The van der Waals surface area contributed by atoms with Crippen molar-refractivity contribution in [2.45, 2.75) is 58.5 Å². The molecule has 0 atom stereocenters. The number of fused-ring (bicyclic) bond motifs is 1. The van der Waals surface area contributed by atoms with Gasteiger partial charge in [-0.3, -0.25) is 0 Å². The van der Waals surface area contributed by atoms with Crippen molar-refractivity contribution in [2.75, 3.05) is 19.6 Å². The maximum absolute atomic E-state index is 4.90. The molecule has 1 fully saturated rings. The van der Waals surface area contributed by atoms with Crippen molar-refractivity contribution >= 4 is 29.9 Å². The molecule has 0 amide bonds. The number of piperidine rings is 1. The summed E-state index contributed by atoms with van der Waals surface area (Å²) >= 11 is 0. The van der Waals surface area contributed by atoms with Crippen LogP contribution in [0.2, 0.25) is 0 Å². The minimum Gasteiger partial charge on any atom is -0.357 e. The second-order valence-corrected chi connectivity index (χ2v) is 7.93. The van der Waals surface area contributed by atoms with E-state index < -0.39 is 0 Å². The lowest BCUT2D eigenvalue weighted by Gasteiger charge is -2.34. The molecule has 3 heterocycles. The number of nitrogens with one attached hydrogen (secondary N) is 1. The van der Waals surface area contributed by atoms with Crippen molar-refractivity contribution in [2.24, 2.45) is 10.9 Å². The zero-order valence-corrected chi connectivity index (χ0v) is 19.7. The SMILES string of the molecule is CCNC(=NCc1nnc2n1CCCC2)N1CCC(Cc2ccccc2)CC1.I. The van der Waals surface area contributed by atoms with E-state index in [0.29, 0.717) is 6.54 Å². The number of nitrogens with zero attached hydrogens (tertiary/aromatic N) is 5. The van der Waals surface area contributed by atoms with Gasteiger partial charge in [-0.05, 0) is 50.5 Å². The van der Waals surface area contributed by atoms with Crippen LogP contribution in [0.5, 0.6) is 0 Å². The molecule has 2 aliphatic rings. The Hall–Kier alpha value is -1.64. The quantitative estimate of drug-likeness (QED) is 0.381. The number of aliphatic imine (C=N–C) groups is 1. The molecule has 0 saturated carbocycles. The fourth-order valence-corrected chi connectivity index (χ4v) is 4.35. The van der Waals surface area contributed by atoms with E-state index in [9.17, 15) is 0 Å². The zero-order chi connectivity index (χ0) is 19.2. The molecule has 7 heteroatoms. The number of likely N-dealkylation sites (tertiary alicyclic amines) is 1. The highest BCUT2D eigenvalue weighted by atomic mass is 127. The van der Waals surface area contributed by atoms with Crippen LogP contribution in [0, 0.1) is 5.92 Å². The molecule has 0 aliphatic carbocycles. The monoisotopic (exact) mass is 508 g/mol. The van der Waals surface area contributed by atoms with E-state index in [1.54, 1.807) is 0 Å². The van der Waals surface area contributed by atoms with Crippen LogP contribution in [0.25, 0.3) is 0 Å². The molecule has 4 rings (SSSR count). The Morgan fingerprint density at radius 1 is 1.10 bits per heavy atom. The number of aromatic nitrogens is 3. The number of benzene rings is 1. The first-order valence-electron chi connectivity index (χ1n) is 10.8. The fraction of sp³-hybridized carbons (Fsp3) is 0.591. The Bertz CT molecular complexity index is 780. The highest BCUT2D eigenvalue weighted by Crippen LogP contribution is 2.22. The van der Waals surface area contributed by atoms with Gasteiger partial charge < -0.3 is 14.8 Å². The molecular formula is C22H33IN6. The van der Waals surface area contributed by atoms with Gasteiger partial charge in [-0.1, -0.05) is 30.3 Å². The lowest BCUT2D eigenvalue weighted by molar-refractivity contribution is 0.259. The van der Waals surface area contributed by atoms with Gasteiger partial charge in [0.15, 0.2) is 11.8 Å². The van der Waals surface area contributed by atoms with Gasteiger partial charge in [0.1, 0.15) is 12.4 Å². The third-order valence-electron chi connectivity index (χ3n) is 5.92. The molecule has 1 aromatic carbocycles. The van der Waals surface area contributed by atoms with Crippen LogP contribution in [0.3, 0.4) is 0 Å². The second kappa shape index (κ2) is 10.9. The first kappa shape index (κ1) is 22.1. The number of hydrogen-bond donors (Lipinski definition) is 1. The molecule has 158 valence electrons. The van der Waals surface area contributed by atoms with Gasteiger partial charge in [0.2, 0.25) is 0 Å². The largest absolute Gasteiger partial charge is 0.357 e. The van der Waals surface area contributed by atoms with Gasteiger partial charge in [-0.2, -0.15) is 0 Å². The van der Waals surface area contributed by atoms with Crippen LogP contribution in [-0.2, 0) is 25.9 Å². The Balaban J connectivity index is 0.00000240. The summed E-state index contributed by atoms with van der Waals surface area (Å²) in [6.45, 7) is 6.81. The van der Waals surface area contributed by atoms with Gasteiger partial charge in [-0.25, -0.2) is 4.99 Å². The summed E-state index contributed by atoms with van der Waals surface area (Å²) in [6, 6.07) is 10.9. The van der Waals surface area contributed by atoms with Crippen molar-refractivity contribution in [3.8, 4) is 0 Å². The molecule has 0 spiro atoms. The van der Waals surface area contributed by atoms with Gasteiger partial charge in [0, 0.05) is 32.6 Å². The van der Waals surface area contributed by atoms with E-state index in [2.05, 4.69) is 62.2 Å². The van der Waals surface area contributed by atoms with Gasteiger partial charge in [-0.15, -0.1) is 34.2 Å². The van der Waals surface area contributed by atoms with Crippen molar-refractivity contribution in [1.82, 2.24) is 25.0 Å². The molecule has 29 heavy (non-hydrogen) atoms. The molecule has 0 radical (unpaired) electrons. The van der Waals surface area contributed by atoms with E-state index in [1.807, 2.05) is 0 Å². The maximum Gasteiger partial charge on any atom is 0.194 e. The molecular weight excluding hydrogens is 475 g/mol. The topological polar surface area (TPSA) is 58.3 Å². The van der Waals surface area contributed by atoms with Crippen molar-refractivity contribution in [1.29, 1.82) is 0 Å². The molecule has 1 saturated heterocycles. The number of guanidine groups is 1. The summed E-state index contributed by atoms with van der Waals surface area (Å²) in [7, 11) is 0. The van der Waals surface area contributed by atoms with Crippen LogP contribution >= 0.6 is 24.0 Å². The number of aryl methyl sites for hydroxylation is 1. The third-order valence-corrected chi connectivity index (χ3v) is 5.92. The second-order valence-electron chi connectivity index (χ2n) is 7.93. The average molecular weight is 508 g/mol. The molecule has 2 aromatic rings. The van der Waals surface area contributed by atoms with E-state index >= 15 is 0 Å². The van der Waals surface area contributed by atoms with E-state index in [0.717, 1.165) is 56.1 Å². The molecule has 2 aliphatic heterocycles. The van der Waals surface area contributed by atoms with Crippen molar-refractivity contribution < 1.29 is 0 Å². The molecule has 0 unspecified atom stereocenters. The summed E-state index contributed by atoms with van der Waals surface area (Å²) in [6.07, 6.45) is 7.12. The summed E-state index contributed by atoms with van der Waals surface area (Å²) in [5.41, 5.74) is 1.46. The molecule has 6 nitrogen and oxygen atoms in total. The van der Waals surface area contributed by atoms with E-state index in [-0.39, 0.29) is 24.0 Å². The summed E-state index contributed by atoms with van der Waals surface area (Å²) in [5.74, 6) is 3.92. The highest BCUT2D eigenvalue weighted by Gasteiger charge is 2.22. The minimum atomic E-state index is 0. The molecule has 1 aromatic heterocycles. The van der Waals surface area contributed by atoms with Crippen LogP contribution in [0.4, 0.5) is 0 Å². The molecule has 1 N–H and O–H groups in total. The Labute approximate surface area is 191 Å². The van der Waals surface area contributed by atoms with Gasteiger partial charge >= 0.3 is 0 Å². The first-order chi connectivity index (χ1) is 13.8. The number of hydrogen-bond acceptors (Lipinski definition) is 3. The standard InChI is InChI=1S/C22H32N6.HI/c1-2-23-22(24-17-21-26-25-20-10-6-7-13-28(20)21)27-14-11-19(12-15-27)16-18-8-4-3-5-9-18;/h3-5,8-9,19H,2,6-7,10-17H2,1H3,(H,23,24);1H. The van der Waals surface area contributed by atoms with Gasteiger partial charge in [0.05, 0.1) is 0 Å². The Morgan fingerprint density at radius 2 is 1.90 bits per heavy atom. The lowest BCUT2D eigenvalue weighted by atomic mass is 9.90. The summed E-state index contributed by atoms with van der Waals surface area (Å²) < 4.78 is 2.27. The molecule has 0 bridgehead atoms. The van der Waals surface area contributed by atoms with E-state index in [4.69, 9.17) is 4.99 Å². The first-order valence-corrected chi connectivity index (χ1v) is 10.8. The zero-order valence-electron chi connectivity index (χ0n) is 17.4. The maximum atomic E-state index is 4.90. The van der Waals surface area contributed by atoms with Crippen LogP contribution in [0.1, 0.15) is 49.8 Å². The minimum absolute atomic E-state index is 0. The number of rotatable bonds is 5. The average Bonchev–Trinajstić information content (AvgIpc) is 3.16. The van der Waals surface area contributed by atoms with Crippen LogP contribution in [0.15, 0.2) is 35.3 Å². The van der Waals surface area contributed by atoms with Crippen molar-refractivity contribution in [3.63, 3.8) is 0 Å². The lowest BCUT2D eigenvalue weighted by Crippen LogP contribution is -2.45. The van der Waals surface area contributed by atoms with Crippen LogP contribution in [-0.4, -0.2) is 45.3 Å². The fourth-order valence-electron chi connectivity index (χ4n) is 4.35. The van der Waals surface area contributed by atoms with E-state index in [1.165, 1.54) is 37.7 Å². The Morgan fingerprint density at radius 3 is 2.66 bits per heavy atom. The van der Waals surface area contributed by atoms with Crippen LogP contribution < -0.4 is 5.32 Å². The summed E-state index contributed by atoms with van der Waals surface area (Å²) in [5, 5.41) is 12.2. The van der Waals surface area contributed by atoms with Crippen molar-refractivity contribution in [3.05, 3.63) is 47.5 Å². The van der Waals surface area contributed by atoms with Gasteiger partial charge in [0.25, 0.3) is 0 Å². The predicted molar refractivity (Wildman–Crippen MR) is 128 cm³/mol.